The van der Waals surface area contributed by atoms with Crippen molar-refractivity contribution >= 4 is 44.6 Å². The van der Waals surface area contributed by atoms with Crippen molar-refractivity contribution in [3.63, 3.8) is 0 Å². The van der Waals surface area contributed by atoms with Gasteiger partial charge >= 0.3 is 0 Å². The van der Waals surface area contributed by atoms with Gasteiger partial charge in [0.1, 0.15) is 5.52 Å². The second-order valence-corrected chi connectivity index (χ2v) is 8.06. The van der Waals surface area contributed by atoms with E-state index in [0.29, 0.717) is 18.4 Å². The number of benzene rings is 2. The molecular formula is C22H19N3O2S. The van der Waals surface area contributed by atoms with Gasteiger partial charge in [0.25, 0.3) is 0 Å². The Kier molecular flexibility index (Phi) is 4.41. The number of carbonyl (C=O) groups is 1. The predicted octanol–water partition coefficient (Wildman–Crippen LogP) is 4.86. The number of carbonyl (C=O) groups excluding carboxylic acids is 1. The molecule has 6 heteroatoms. The summed E-state index contributed by atoms with van der Waals surface area (Å²) < 4.78 is 6.86. The SMILES string of the molecule is O=C(/C=C/c1nc2ccccc2o1)N1CCC[C@H](c2nc3ccccc3s2)C1. The first kappa shape index (κ1) is 17.1. The molecule has 0 radical (unpaired) electrons. The Morgan fingerprint density at radius 1 is 1.11 bits per heavy atom. The first-order chi connectivity index (χ1) is 13.8. The summed E-state index contributed by atoms with van der Waals surface area (Å²) in [4.78, 5) is 23.8. The predicted molar refractivity (Wildman–Crippen MR) is 111 cm³/mol. The summed E-state index contributed by atoms with van der Waals surface area (Å²) in [6, 6.07) is 15.8. The Morgan fingerprint density at radius 2 is 1.93 bits per heavy atom. The van der Waals surface area contributed by atoms with Crippen molar-refractivity contribution in [3.8, 4) is 0 Å². The molecule has 5 rings (SSSR count). The molecule has 1 amide bonds. The standard InChI is InChI=1S/C22H19N3O2S/c26-21(12-11-20-23-16-7-1-3-9-18(16)27-20)25-13-5-6-15(14-25)22-24-17-8-2-4-10-19(17)28-22/h1-4,7-12,15H,5-6,13-14H2/b12-11+/t15-/m0/s1. The molecule has 140 valence electrons. The number of oxazole rings is 1. The molecule has 1 aliphatic rings. The highest BCUT2D eigenvalue weighted by Crippen LogP contribution is 2.33. The zero-order chi connectivity index (χ0) is 18.9. The van der Waals surface area contributed by atoms with Crippen LogP contribution in [-0.4, -0.2) is 33.9 Å². The number of thiazole rings is 1. The van der Waals surface area contributed by atoms with Crippen LogP contribution in [0.25, 0.3) is 27.4 Å². The van der Waals surface area contributed by atoms with E-state index in [4.69, 9.17) is 9.40 Å². The number of hydrogen-bond acceptors (Lipinski definition) is 5. The van der Waals surface area contributed by atoms with Gasteiger partial charge in [0.2, 0.25) is 11.8 Å². The summed E-state index contributed by atoms with van der Waals surface area (Å²) >= 11 is 1.74. The van der Waals surface area contributed by atoms with Gasteiger partial charge in [-0.05, 0) is 37.1 Å². The number of amides is 1. The van der Waals surface area contributed by atoms with Crippen LogP contribution >= 0.6 is 11.3 Å². The molecule has 0 N–H and O–H groups in total. The number of rotatable bonds is 3. The maximum absolute atomic E-state index is 12.7. The topological polar surface area (TPSA) is 59.2 Å². The summed E-state index contributed by atoms with van der Waals surface area (Å²) in [6.45, 7) is 1.48. The lowest BCUT2D eigenvalue weighted by Gasteiger charge is -2.31. The minimum Gasteiger partial charge on any atom is -0.437 e. The van der Waals surface area contributed by atoms with E-state index < -0.39 is 0 Å². The van der Waals surface area contributed by atoms with Gasteiger partial charge in [-0.1, -0.05) is 24.3 Å². The van der Waals surface area contributed by atoms with Crippen LogP contribution in [0.1, 0.15) is 29.7 Å². The lowest BCUT2D eigenvalue weighted by molar-refractivity contribution is -0.127. The molecule has 2 aromatic heterocycles. The van der Waals surface area contributed by atoms with Crippen LogP contribution in [-0.2, 0) is 4.79 Å². The van der Waals surface area contributed by atoms with E-state index in [1.165, 1.54) is 4.70 Å². The zero-order valence-corrected chi connectivity index (χ0v) is 16.1. The van der Waals surface area contributed by atoms with Crippen molar-refractivity contribution in [2.75, 3.05) is 13.1 Å². The molecule has 5 nitrogen and oxygen atoms in total. The average molecular weight is 389 g/mol. The smallest absolute Gasteiger partial charge is 0.246 e. The Labute approximate surface area is 166 Å². The van der Waals surface area contributed by atoms with E-state index >= 15 is 0 Å². The van der Waals surface area contributed by atoms with Crippen LogP contribution in [0.5, 0.6) is 0 Å². The molecule has 1 aliphatic heterocycles. The fourth-order valence-corrected chi connectivity index (χ4v) is 4.75. The summed E-state index contributed by atoms with van der Waals surface area (Å²) in [6.07, 6.45) is 5.27. The van der Waals surface area contributed by atoms with Crippen LogP contribution in [0.15, 0.2) is 59.0 Å². The Balaban J connectivity index is 1.30. The van der Waals surface area contributed by atoms with Crippen LogP contribution in [0.3, 0.4) is 0 Å². The maximum Gasteiger partial charge on any atom is 0.246 e. The van der Waals surface area contributed by atoms with Crippen LogP contribution in [0, 0.1) is 0 Å². The number of piperidine rings is 1. The molecule has 0 aliphatic carbocycles. The third-order valence-electron chi connectivity index (χ3n) is 5.07. The van der Waals surface area contributed by atoms with Crippen molar-refractivity contribution in [2.45, 2.75) is 18.8 Å². The van der Waals surface area contributed by atoms with Gasteiger partial charge < -0.3 is 9.32 Å². The van der Waals surface area contributed by atoms with Gasteiger partial charge in [-0.15, -0.1) is 11.3 Å². The zero-order valence-electron chi connectivity index (χ0n) is 15.2. The van der Waals surface area contributed by atoms with E-state index in [1.54, 1.807) is 23.5 Å². The monoisotopic (exact) mass is 389 g/mol. The number of aromatic nitrogens is 2. The molecule has 2 aromatic carbocycles. The van der Waals surface area contributed by atoms with Crippen molar-refractivity contribution in [1.29, 1.82) is 0 Å². The molecule has 1 atom stereocenters. The van der Waals surface area contributed by atoms with Crippen molar-refractivity contribution in [3.05, 3.63) is 65.5 Å². The van der Waals surface area contributed by atoms with E-state index in [2.05, 4.69) is 11.1 Å². The number of fused-ring (bicyclic) bond motifs is 2. The van der Waals surface area contributed by atoms with Gasteiger partial charge in [-0.25, -0.2) is 9.97 Å². The molecule has 1 fully saturated rings. The molecule has 1 saturated heterocycles. The average Bonchev–Trinajstić information content (AvgIpc) is 3.35. The quantitative estimate of drug-likeness (QED) is 0.470. The third-order valence-corrected chi connectivity index (χ3v) is 6.27. The number of nitrogens with zero attached hydrogens (tertiary/aromatic N) is 3. The second-order valence-electron chi connectivity index (χ2n) is 7.00. The van der Waals surface area contributed by atoms with Gasteiger partial charge in [0.05, 0.1) is 15.2 Å². The summed E-state index contributed by atoms with van der Waals surface area (Å²) in [7, 11) is 0. The minimum atomic E-state index is -0.00642. The fraction of sp³-hybridized carbons (Fsp3) is 0.227. The second kappa shape index (κ2) is 7.20. The first-order valence-corrected chi connectivity index (χ1v) is 10.3. The number of hydrogen-bond donors (Lipinski definition) is 0. The molecule has 3 heterocycles. The maximum atomic E-state index is 12.7. The number of likely N-dealkylation sites (tertiary alicyclic amines) is 1. The van der Waals surface area contributed by atoms with Gasteiger partial charge in [0.15, 0.2) is 5.58 Å². The molecule has 0 unspecified atom stereocenters. The van der Waals surface area contributed by atoms with Crippen molar-refractivity contribution in [2.24, 2.45) is 0 Å². The van der Waals surface area contributed by atoms with E-state index in [1.807, 2.05) is 47.4 Å². The summed E-state index contributed by atoms with van der Waals surface area (Å²) in [5.74, 6) is 0.746. The largest absolute Gasteiger partial charge is 0.437 e. The van der Waals surface area contributed by atoms with Gasteiger partial charge in [0, 0.05) is 31.2 Å². The van der Waals surface area contributed by atoms with Crippen LogP contribution < -0.4 is 0 Å². The van der Waals surface area contributed by atoms with E-state index in [0.717, 1.165) is 41.0 Å². The van der Waals surface area contributed by atoms with Crippen molar-refractivity contribution < 1.29 is 9.21 Å². The molecule has 0 spiro atoms. The van der Waals surface area contributed by atoms with Crippen LogP contribution in [0.2, 0.25) is 0 Å². The van der Waals surface area contributed by atoms with E-state index in [9.17, 15) is 4.79 Å². The molecule has 4 aromatic rings. The Morgan fingerprint density at radius 3 is 2.79 bits per heavy atom. The highest BCUT2D eigenvalue weighted by Gasteiger charge is 2.26. The van der Waals surface area contributed by atoms with Crippen molar-refractivity contribution in [1.82, 2.24) is 14.9 Å². The van der Waals surface area contributed by atoms with Gasteiger partial charge in [-0.3, -0.25) is 4.79 Å². The summed E-state index contributed by atoms with van der Waals surface area (Å²) in [5.41, 5.74) is 2.56. The number of para-hydroxylation sites is 3. The minimum absolute atomic E-state index is 0.00642. The van der Waals surface area contributed by atoms with E-state index in [-0.39, 0.29) is 5.91 Å². The fourth-order valence-electron chi connectivity index (χ4n) is 3.65. The summed E-state index contributed by atoms with van der Waals surface area (Å²) in [5, 5.41) is 1.13. The highest BCUT2D eigenvalue weighted by molar-refractivity contribution is 7.18. The molecule has 28 heavy (non-hydrogen) atoms. The normalized spacial score (nSPS) is 17.7. The highest BCUT2D eigenvalue weighted by atomic mass is 32.1. The Bertz CT molecular complexity index is 1110. The van der Waals surface area contributed by atoms with Gasteiger partial charge in [-0.2, -0.15) is 0 Å². The third kappa shape index (κ3) is 3.31. The van der Waals surface area contributed by atoms with Crippen LogP contribution in [0.4, 0.5) is 0 Å². The lowest BCUT2D eigenvalue weighted by Crippen LogP contribution is -2.38. The Hall–Kier alpha value is -2.99. The molecule has 0 saturated carbocycles. The lowest BCUT2D eigenvalue weighted by atomic mass is 9.98. The first-order valence-electron chi connectivity index (χ1n) is 9.44. The molecule has 0 bridgehead atoms. The molecular weight excluding hydrogens is 370 g/mol.